The van der Waals surface area contributed by atoms with Gasteiger partial charge in [0.25, 0.3) is 5.91 Å². The molecule has 0 aromatic heterocycles. The molecular formula is C18H25N3O3. The molecule has 2 saturated heterocycles. The fourth-order valence-corrected chi connectivity index (χ4v) is 3.28. The van der Waals surface area contributed by atoms with Crippen LogP contribution in [0.3, 0.4) is 0 Å². The van der Waals surface area contributed by atoms with Crippen LogP contribution >= 0.6 is 0 Å². The topological polar surface area (TPSA) is 53.1 Å². The molecule has 3 rings (SSSR count). The molecule has 2 heterocycles. The second-order valence-corrected chi connectivity index (χ2v) is 6.31. The van der Waals surface area contributed by atoms with Crippen molar-refractivity contribution in [2.75, 3.05) is 52.5 Å². The summed E-state index contributed by atoms with van der Waals surface area (Å²) in [4.78, 5) is 31.0. The van der Waals surface area contributed by atoms with Crippen LogP contribution < -0.4 is 0 Å². The molecule has 2 aliphatic heterocycles. The first-order chi connectivity index (χ1) is 11.7. The van der Waals surface area contributed by atoms with Crippen LogP contribution in [-0.2, 0) is 9.53 Å². The third kappa shape index (κ3) is 3.76. The molecule has 0 bridgehead atoms. The van der Waals surface area contributed by atoms with Crippen molar-refractivity contribution in [3.8, 4) is 0 Å². The van der Waals surface area contributed by atoms with Crippen LogP contribution in [0, 0.1) is 0 Å². The number of benzene rings is 1. The third-order valence-corrected chi connectivity index (χ3v) is 4.85. The van der Waals surface area contributed by atoms with E-state index < -0.39 is 0 Å². The second kappa shape index (κ2) is 7.77. The van der Waals surface area contributed by atoms with E-state index in [1.54, 1.807) is 0 Å². The summed E-state index contributed by atoms with van der Waals surface area (Å²) in [6, 6.07) is 9.22. The van der Waals surface area contributed by atoms with Crippen LogP contribution in [0.2, 0.25) is 0 Å². The Labute approximate surface area is 143 Å². The molecular weight excluding hydrogens is 306 g/mol. The molecule has 1 unspecified atom stereocenters. The molecule has 24 heavy (non-hydrogen) atoms. The Kier molecular flexibility index (Phi) is 5.48. The lowest BCUT2D eigenvalue weighted by molar-refractivity contribution is -0.141. The second-order valence-electron chi connectivity index (χ2n) is 6.31. The number of morpholine rings is 1. The van der Waals surface area contributed by atoms with E-state index in [1.807, 2.05) is 47.1 Å². The zero-order valence-electron chi connectivity index (χ0n) is 14.2. The fraction of sp³-hybridized carbons (Fsp3) is 0.556. The van der Waals surface area contributed by atoms with Gasteiger partial charge in [-0.25, -0.2) is 0 Å². The SMILES string of the molecule is CC(C(=O)N1CCOCC1)N1CCN(C(=O)c2ccccc2)CC1. The summed E-state index contributed by atoms with van der Waals surface area (Å²) in [7, 11) is 0. The summed E-state index contributed by atoms with van der Waals surface area (Å²) in [6.07, 6.45) is 0. The lowest BCUT2D eigenvalue weighted by Crippen LogP contribution is -2.56. The van der Waals surface area contributed by atoms with E-state index in [9.17, 15) is 9.59 Å². The van der Waals surface area contributed by atoms with Crippen molar-refractivity contribution in [3.05, 3.63) is 35.9 Å². The maximum absolute atomic E-state index is 12.6. The van der Waals surface area contributed by atoms with E-state index in [-0.39, 0.29) is 17.9 Å². The van der Waals surface area contributed by atoms with E-state index in [4.69, 9.17) is 4.74 Å². The quantitative estimate of drug-likeness (QED) is 0.818. The number of hydrogen-bond donors (Lipinski definition) is 0. The predicted molar refractivity (Wildman–Crippen MR) is 90.8 cm³/mol. The van der Waals surface area contributed by atoms with Crippen molar-refractivity contribution in [2.24, 2.45) is 0 Å². The Bertz CT molecular complexity index is 564. The molecule has 0 radical (unpaired) electrons. The number of amides is 2. The Morgan fingerprint density at radius 1 is 0.917 bits per heavy atom. The minimum absolute atomic E-state index is 0.0717. The van der Waals surface area contributed by atoms with Gasteiger partial charge in [0.05, 0.1) is 19.3 Å². The van der Waals surface area contributed by atoms with E-state index in [0.29, 0.717) is 39.4 Å². The number of rotatable bonds is 3. The maximum Gasteiger partial charge on any atom is 0.253 e. The van der Waals surface area contributed by atoms with Gasteiger partial charge in [-0.3, -0.25) is 14.5 Å². The van der Waals surface area contributed by atoms with Crippen LogP contribution in [0.15, 0.2) is 30.3 Å². The summed E-state index contributed by atoms with van der Waals surface area (Å²) in [6.45, 7) is 7.35. The van der Waals surface area contributed by atoms with E-state index in [0.717, 1.165) is 18.7 Å². The van der Waals surface area contributed by atoms with E-state index in [1.165, 1.54) is 0 Å². The number of piperazine rings is 1. The standard InChI is InChI=1S/C18H25N3O3/c1-15(17(22)21-11-13-24-14-12-21)19-7-9-20(10-8-19)18(23)16-5-3-2-4-6-16/h2-6,15H,7-14H2,1H3. The van der Waals surface area contributed by atoms with Crippen LogP contribution in [0.1, 0.15) is 17.3 Å². The first-order valence-electron chi connectivity index (χ1n) is 8.62. The summed E-state index contributed by atoms with van der Waals surface area (Å²) in [5, 5.41) is 0. The third-order valence-electron chi connectivity index (χ3n) is 4.85. The molecule has 130 valence electrons. The Balaban J connectivity index is 1.52. The van der Waals surface area contributed by atoms with Gasteiger partial charge in [-0.05, 0) is 19.1 Å². The Morgan fingerprint density at radius 3 is 2.17 bits per heavy atom. The zero-order chi connectivity index (χ0) is 16.9. The molecule has 1 atom stereocenters. The Hall–Kier alpha value is -1.92. The zero-order valence-corrected chi connectivity index (χ0v) is 14.2. The largest absolute Gasteiger partial charge is 0.378 e. The molecule has 6 nitrogen and oxygen atoms in total. The maximum atomic E-state index is 12.6. The number of nitrogens with zero attached hydrogens (tertiary/aromatic N) is 3. The van der Waals surface area contributed by atoms with Crippen molar-refractivity contribution in [3.63, 3.8) is 0 Å². The average molecular weight is 331 g/mol. The van der Waals surface area contributed by atoms with Crippen LogP contribution in [0.4, 0.5) is 0 Å². The van der Waals surface area contributed by atoms with Crippen molar-refractivity contribution in [2.45, 2.75) is 13.0 Å². The van der Waals surface area contributed by atoms with Crippen LogP contribution in [-0.4, -0.2) is 85.0 Å². The molecule has 2 fully saturated rings. The van der Waals surface area contributed by atoms with Gasteiger partial charge in [0.1, 0.15) is 0 Å². The van der Waals surface area contributed by atoms with Gasteiger partial charge in [-0.15, -0.1) is 0 Å². The van der Waals surface area contributed by atoms with Gasteiger partial charge >= 0.3 is 0 Å². The van der Waals surface area contributed by atoms with Crippen LogP contribution in [0.25, 0.3) is 0 Å². The lowest BCUT2D eigenvalue weighted by atomic mass is 10.1. The van der Waals surface area contributed by atoms with Crippen LogP contribution in [0.5, 0.6) is 0 Å². The van der Waals surface area contributed by atoms with Gasteiger partial charge in [-0.2, -0.15) is 0 Å². The van der Waals surface area contributed by atoms with Gasteiger partial charge in [0.15, 0.2) is 0 Å². The smallest absolute Gasteiger partial charge is 0.253 e. The highest BCUT2D eigenvalue weighted by atomic mass is 16.5. The fourth-order valence-electron chi connectivity index (χ4n) is 3.28. The first kappa shape index (κ1) is 16.9. The molecule has 2 aliphatic rings. The summed E-state index contributed by atoms with van der Waals surface area (Å²) in [5.74, 6) is 0.239. The molecule has 6 heteroatoms. The normalized spacial score (nSPS) is 20.7. The summed E-state index contributed by atoms with van der Waals surface area (Å²) < 4.78 is 5.31. The minimum Gasteiger partial charge on any atom is -0.378 e. The van der Waals surface area contributed by atoms with Crippen molar-refractivity contribution in [1.29, 1.82) is 0 Å². The number of carbonyl (C=O) groups is 2. The number of hydrogen-bond acceptors (Lipinski definition) is 4. The molecule has 0 aliphatic carbocycles. The number of ether oxygens (including phenoxy) is 1. The summed E-state index contributed by atoms with van der Waals surface area (Å²) in [5.41, 5.74) is 0.725. The Morgan fingerprint density at radius 2 is 1.54 bits per heavy atom. The van der Waals surface area contributed by atoms with Gasteiger partial charge < -0.3 is 14.5 Å². The molecule has 0 saturated carbocycles. The van der Waals surface area contributed by atoms with Gasteiger partial charge in [0, 0.05) is 44.8 Å². The highest BCUT2D eigenvalue weighted by molar-refractivity contribution is 5.94. The van der Waals surface area contributed by atoms with Crippen molar-refractivity contribution >= 4 is 11.8 Å². The highest BCUT2D eigenvalue weighted by Crippen LogP contribution is 2.13. The van der Waals surface area contributed by atoms with E-state index in [2.05, 4.69) is 4.90 Å². The average Bonchev–Trinajstić information content (AvgIpc) is 2.68. The van der Waals surface area contributed by atoms with Crippen molar-refractivity contribution in [1.82, 2.24) is 14.7 Å². The molecule has 1 aromatic carbocycles. The van der Waals surface area contributed by atoms with Crippen molar-refractivity contribution < 1.29 is 14.3 Å². The van der Waals surface area contributed by atoms with Gasteiger partial charge in [-0.1, -0.05) is 18.2 Å². The highest BCUT2D eigenvalue weighted by Gasteiger charge is 2.30. The predicted octanol–water partition coefficient (Wildman–Crippen LogP) is 0.692. The molecule has 1 aromatic rings. The van der Waals surface area contributed by atoms with E-state index >= 15 is 0 Å². The molecule has 0 spiro atoms. The van der Waals surface area contributed by atoms with Gasteiger partial charge in [0.2, 0.25) is 5.91 Å². The lowest BCUT2D eigenvalue weighted by Gasteiger charge is -2.39. The molecule has 0 N–H and O–H groups in total. The monoisotopic (exact) mass is 331 g/mol. The first-order valence-corrected chi connectivity index (χ1v) is 8.62. The molecule has 2 amide bonds. The minimum atomic E-state index is -0.142. The number of carbonyl (C=O) groups excluding carboxylic acids is 2. The summed E-state index contributed by atoms with van der Waals surface area (Å²) >= 11 is 0.